The number of benzene rings is 3. The highest BCUT2D eigenvalue weighted by atomic mass is 19.1. The molecule has 0 unspecified atom stereocenters. The van der Waals surface area contributed by atoms with Crippen molar-refractivity contribution in [2.75, 3.05) is 11.9 Å². The molecule has 156 valence electrons. The molecule has 7 heteroatoms. The number of nitrogens with zero attached hydrogens (tertiary/aromatic N) is 2. The Labute approximate surface area is 178 Å². The van der Waals surface area contributed by atoms with Crippen LogP contribution in [0.25, 0.3) is 22.8 Å². The first-order valence-corrected chi connectivity index (χ1v) is 9.68. The standard InChI is InChI=1S/C24H20FN3O3/c1-15-6-8-17(9-7-15)23-27-24(31-28-23)18-10-12-19(13-11-18)30-14-22(29)26-21-5-3-4-20(25)16(21)2/h3-13H,14H2,1-2H3,(H,26,29). The summed E-state index contributed by atoms with van der Waals surface area (Å²) in [5, 5.41) is 6.67. The van der Waals surface area contributed by atoms with Gasteiger partial charge in [0.1, 0.15) is 11.6 Å². The third kappa shape index (κ3) is 4.78. The Balaban J connectivity index is 1.37. The Morgan fingerprint density at radius 3 is 2.45 bits per heavy atom. The van der Waals surface area contributed by atoms with Crippen LogP contribution < -0.4 is 10.1 Å². The maximum Gasteiger partial charge on any atom is 0.262 e. The Hall–Kier alpha value is -4.00. The summed E-state index contributed by atoms with van der Waals surface area (Å²) in [6, 6.07) is 19.4. The molecule has 4 rings (SSSR count). The van der Waals surface area contributed by atoms with Gasteiger partial charge < -0.3 is 14.6 Å². The zero-order valence-corrected chi connectivity index (χ0v) is 17.1. The highest BCUT2D eigenvalue weighted by Crippen LogP contribution is 2.24. The summed E-state index contributed by atoms with van der Waals surface area (Å²) in [4.78, 5) is 16.5. The minimum Gasteiger partial charge on any atom is -0.484 e. The summed E-state index contributed by atoms with van der Waals surface area (Å²) in [5.74, 6) is 0.660. The number of aromatic nitrogens is 2. The molecule has 1 aromatic heterocycles. The van der Waals surface area contributed by atoms with Crippen LogP contribution >= 0.6 is 0 Å². The van der Waals surface area contributed by atoms with Gasteiger partial charge in [-0.3, -0.25) is 4.79 Å². The Bertz CT molecular complexity index is 1200. The summed E-state index contributed by atoms with van der Waals surface area (Å²) >= 11 is 0. The first-order valence-electron chi connectivity index (χ1n) is 9.68. The van der Waals surface area contributed by atoms with Gasteiger partial charge in [-0.05, 0) is 50.2 Å². The van der Waals surface area contributed by atoms with Gasteiger partial charge in [-0.2, -0.15) is 4.98 Å². The molecule has 1 amide bonds. The average Bonchev–Trinajstić information content (AvgIpc) is 3.27. The molecular formula is C24H20FN3O3. The van der Waals surface area contributed by atoms with Gasteiger partial charge >= 0.3 is 0 Å². The monoisotopic (exact) mass is 417 g/mol. The van der Waals surface area contributed by atoms with Gasteiger partial charge in [0.15, 0.2) is 6.61 Å². The lowest BCUT2D eigenvalue weighted by Crippen LogP contribution is -2.20. The third-order valence-corrected chi connectivity index (χ3v) is 4.75. The van der Waals surface area contributed by atoms with E-state index >= 15 is 0 Å². The number of ether oxygens (including phenoxy) is 1. The van der Waals surface area contributed by atoms with Crippen LogP contribution in [-0.4, -0.2) is 22.7 Å². The van der Waals surface area contributed by atoms with Crippen LogP contribution in [0.3, 0.4) is 0 Å². The van der Waals surface area contributed by atoms with Gasteiger partial charge in [-0.15, -0.1) is 0 Å². The quantitative estimate of drug-likeness (QED) is 0.468. The molecule has 0 radical (unpaired) electrons. The summed E-state index contributed by atoms with van der Waals surface area (Å²) in [6.45, 7) is 3.42. The van der Waals surface area contributed by atoms with E-state index in [4.69, 9.17) is 9.26 Å². The molecule has 0 saturated carbocycles. The van der Waals surface area contributed by atoms with E-state index in [1.807, 2.05) is 31.2 Å². The second-order valence-electron chi connectivity index (χ2n) is 7.06. The number of nitrogens with one attached hydrogen (secondary N) is 1. The first kappa shape index (κ1) is 20.3. The molecule has 1 N–H and O–H groups in total. The molecular weight excluding hydrogens is 397 g/mol. The van der Waals surface area contributed by atoms with E-state index in [0.717, 1.165) is 16.7 Å². The van der Waals surface area contributed by atoms with Gasteiger partial charge in [0.05, 0.1) is 0 Å². The number of hydrogen-bond acceptors (Lipinski definition) is 5. The molecule has 0 spiro atoms. The molecule has 0 aliphatic carbocycles. The van der Waals surface area contributed by atoms with Crippen LogP contribution in [0.1, 0.15) is 11.1 Å². The Kier molecular flexibility index (Phi) is 5.75. The lowest BCUT2D eigenvalue weighted by Gasteiger charge is -2.10. The van der Waals surface area contributed by atoms with E-state index in [2.05, 4.69) is 15.5 Å². The minimum absolute atomic E-state index is 0.201. The van der Waals surface area contributed by atoms with Crippen molar-refractivity contribution >= 4 is 11.6 Å². The molecule has 1 heterocycles. The van der Waals surface area contributed by atoms with Crippen molar-refractivity contribution in [2.45, 2.75) is 13.8 Å². The van der Waals surface area contributed by atoms with Crippen molar-refractivity contribution < 1.29 is 18.4 Å². The third-order valence-electron chi connectivity index (χ3n) is 4.75. The second-order valence-corrected chi connectivity index (χ2v) is 7.06. The molecule has 0 aliphatic rings. The van der Waals surface area contributed by atoms with Crippen LogP contribution in [0.4, 0.5) is 10.1 Å². The molecule has 31 heavy (non-hydrogen) atoms. The maximum absolute atomic E-state index is 13.6. The highest BCUT2D eigenvalue weighted by molar-refractivity contribution is 5.92. The summed E-state index contributed by atoms with van der Waals surface area (Å²) in [7, 11) is 0. The maximum atomic E-state index is 13.6. The van der Waals surface area contributed by atoms with E-state index in [1.54, 1.807) is 43.3 Å². The number of hydrogen-bond donors (Lipinski definition) is 1. The van der Waals surface area contributed by atoms with Crippen molar-refractivity contribution in [3.05, 3.63) is 83.7 Å². The SMILES string of the molecule is Cc1ccc(-c2noc(-c3ccc(OCC(=O)Nc4cccc(F)c4C)cc3)n2)cc1. The van der Waals surface area contributed by atoms with Gasteiger partial charge in [-0.1, -0.05) is 41.1 Å². The molecule has 0 fully saturated rings. The average molecular weight is 417 g/mol. The lowest BCUT2D eigenvalue weighted by atomic mass is 10.1. The van der Waals surface area contributed by atoms with Gasteiger partial charge in [0, 0.05) is 22.4 Å². The number of anilines is 1. The minimum atomic E-state index is -0.377. The van der Waals surface area contributed by atoms with Crippen molar-refractivity contribution in [1.29, 1.82) is 0 Å². The van der Waals surface area contributed by atoms with Crippen molar-refractivity contribution in [1.82, 2.24) is 10.1 Å². The molecule has 0 bridgehead atoms. The number of carbonyl (C=O) groups is 1. The molecule has 0 aliphatic heterocycles. The number of aryl methyl sites for hydroxylation is 1. The Morgan fingerprint density at radius 2 is 1.71 bits per heavy atom. The van der Waals surface area contributed by atoms with E-state index < -0.39 is 0 Å². The Morgan fingerprint density at radius 1 is 1.00 bits per heavy atom. The fourth-order valence-electron chi connectivity index (χ4n) is 2.93. The van der Waals surface area contributed by atoms with Crippen LogP contribution in [0.5, 0.6) is 5.75 Å². The van der Waals surface area contributed by atoms with Crippen molar-refractivity contribution in [3.8, 4) is 28.6 Å². The van der Waals surface area contributed by atoms with Crippen LogP contribution in [0.2, 0.25) is 0 Å². The predicted molar refractivity (Wildman–Crippen MR) is 115 cm³/mol. The fraction of sp³-hybridized carbons (Fsp3) is 0.125. The summed E-state index contributed by atoms with van der Waals surface area (Å²) in [6.07, 6.45) is 0. The van der Waals surface area contributed by atoms with Crippen LogP contribution in [0, 0.1) is 19.7 Å². The molecule has 0 saturated heterocycles. The largest absolute Gasteiger partial charge is 0.484 e. The number of rotatable bonds is 6. The van der Waals surface area contributed by atoms with Crippen molar-refractivity contribution in [3.63, 3.8) is 0 Å². The molecule has 4 aromatic rings. The van der Waals surface area contributed by atoms with E-state index in [9.17, 15) is 9.18 Å². The second kappa shape index (κ2) is 8.79. The normalized spacial score (nSPS) is 10.7. The zero-order chi connectivity index (χ0) is 21.8. The smallest absolute Gasteiger partial charge is 0.262 e. The fourth-order valence-corrected chi connectivity index (χ4v) is 2.93. The number of amides is 1. The first-order chi connectivity index (χ1) is 15.0. The summed E-state index contributed by atoms with van der Waals surface area (Å²) < 4.78 is 24.5. The number of carbonyl (C=O) groups excluding carboxylic acids is 1. The predicted octanol–water partition coefficient (Wildman–Crippen LogP) is 5.18. The van der Waals surface area contributed by atoms with Gasteiger partial charge in [0.2, 0.25) is 5.82 Å². The molecule has 0 atom stereocenters. The summed E-state index contributed by atoms with van der Waals surface area (Å²) in [5.41, 5.74) is 3.57. The molecule has 6 nitrogen and oxygen atoms in total. The van der Waals surface area contributed by atoms with Gasteiger partial charge in [0.25, 0.3) is 11.8 Å². The van der Waals surface area contributed by atoms with E-state index in [0.29, 0.717) is 28.7 Å². The lowest BCUT2D eigenvalue weighted by molar-refractivity contribution is -0.118. The number of halogens is 1. The van der Waals surface area contributed by atoms with E-state index in [1.165, 1.54) is 6.07 Å². The van der Waals surface area contributed by atoms with Gasteiger partial charge in [-0.25, -0.2) is 4.39 Å². The zero-order valence-electron chi connectivity index (χ0n) is 17.1. The van der Waals surface area contributed by atoms with Crippen molar-refractivity contribution in [2.24, 2.45) is 0 Å². The van der Waals surface area contributed by atoms with Crippen LogP contribution in [-0.2, 0) is 4.79 Å². The van der Waals surface area contributed by atoms with Crippen LogP contribution in [0.15, 0.2) is 71.3 Å². The topological polar surface area (TPSA) is 77.2 Å². The highest BCUT2D eigenvalue weighted by Gasteiger charge is 2.12. The molecule has 3 aromatic carbocycles. The van der Waals surface area contributed by atoms with E-state index in [-0.39, 0.29) is 18.3 Å².